The Hall–Kier alpha value is -1.72. The standard InChI is InChI=1S/C17H23F3N4O2.HI/c1-3-21-17(23-11-7-8-15(25)24(2)10-11)22-9-12-13(18)5-4-6-14(12)26-16(19)20;/h4-6,11,16H,3,7-10H2,1-2H3,(H2,21,22,23);1H. The second kappa shape index (κ2) is 11.2. The van der Waals surface area contributed by atoms with E-state index < -0.39 is 12.4 Å². The SMILES string of the molecule is CCNC(=NCc1c(F)cccc1OC(F)F)NC1CCC(=O)N(C)C1.I. The number of nitrogens with one attached hydrogen (secondary N) is 2. The lowest BCUT2D eigenvalue weighted by Crippen LogP contribution is -2.51. The second-order valence-electron chi connectivity index (χ2n) is 5.94. The molecule has 1 atom stereocenters. The molecule has 1 aromatic rings. The lowest BCUT2D eigenvalue weighted by molar-refractivity contribution is -0.132. The van der Waals surface area contributed by atoms with Crippen molar-refractivity contribution in [2.45, 2.75) is 39.0 Å². The highest BCUT2D eigenvalue weighted by Gasteiger charge is 2.23. The maximum absolute atomic E-state index is 14.0. The summed E-state index contributed by atoms with van der Waals surface area (Å²) >= 11 is 0. The largest absolute Gasteiger partial charge is 0.434 e. The highest BCUT2D eigenvalue weighted by molar-refractivity contribution is 14.0. The topological polar surface area (TPSA) is 66.0 Å². The molecule has 1 saturated heterocycles. The average molecular weight is 500 g/mol. The molecule has 1 aliphatic rings. The van der Waals surface area contributed by atoms with Crippen molar-refractivity contribution in [3.63, 3.8) is 0 Å². The number of nitrogens with zero attached hydrogens (tertiary/aromatic N) is 2. The van der Waals surface area contributed by atoms with Crippen LogP contribution in [0.3, 0.4) is 0 Å². The van der Waals surface area contributed by atoms with E-state index >= 15 is 0 Å². The lowest BCUT2D eigenvalue weighted by atomic mass is 10.1. The van der Waals surface area contributed by atoms with Crippen LogP contribution in [0.2, 0.25) is 0 Å². The van der Waals surface area contributed by atoms with Gasteiger partial charge in [-0.3, -0.25) is 4.79 Å². The van der Waals surface area contributed by atoms with Crippen molar-refractivity contribution in [1.29, 1.82) is 0 Å². The number of likely N-dealkylation sites (N-methyl/N-ethyl adjacent to an activating group) is 1. The van der Waals surface area contributed by atoms with Crippen LogP contribution in [0.4, 0.5) is 13.2 Å². The highest BCUT2D eigenvalue weighted by Crippen LogP contribution is 2.24. The summed E-state index contributed by atoms with van der Waals surface area (Å²) in [6, 6.07) is 3.76. The molecule has 27 heavy (non-hydrogen) atoms. The molecule has 1 unspecified atom stereocenters. The number of ether oxygens (including phenoxy) is 1. The molecule has 0 aromatic heterocycles. The van der Waals surface area contributed by atoms with Gasteiger partial charge in [0.15, 0.2) is 5.96 Å². The van der Waals surface area contributed by atoms with Gasteiger partial charge in [-0.1, -0.05) is 6.07 Å². The van der Waals surface area contributed by atoms with Crippen LogP contribution in [-0.2, 0) is 11.3 Å². The van der Waals surface area contributed by atoms with Gasteiger partial charge >= 0.3 is 6.61 Å². The van der Waals surface area contributed by atoms with Gasteiger partial charge in [0, 0.05) is 32.6 Å². The van der Waals surface area contributed by atoms with Crippen molar-refractivity contribution in [3.8, 4) is 5.75 Å². The molecular formula is C17H24F3IN4O2. The number of likely N-dealkylation sites (tertiary alicyclic amines) is 1. The van der Waals surface area contributed by atoms with Gasteiger partial charge in [0.05, 0.1) is 12.1 Å². The number of carbonyl (C=O) groups excluding carboxylic acids is 1. The van der Waals surface area contributed by atoms with Gasteiger partial charge in [0.25, 0.3) is 0 Å². The summed E-state index contributed by atoms with van der Waals surface area (Å²) in [5.41, 5.74) is -0.0408. The Kier molecular flexibility index (Phi) is 9.67. The van der Waals surface area contributed by atoms with E-state index in [1.807, 2.05) is 6.92 Å². The van der Waals surface area contributed by atoms with E-state index in [4.69, 9.17) is 0 Å². The summed E-state index contributed by atoms with van der Waals surface area (Å²) in [4.78, 5) is 17.5. The van der Waals surface area contributed by atoms with Crippen LogP contribution in [0.25, 0.3) is 0 Å². The first-order valence-electron chi connectivity index (χ1n) is 8.41. The molecule has 0 aliphatic carbocycles. The number of alkyl halides is 2. The number of hydrogen-bond acceptors (Lipinski definition) is 3. The zero-order valence-corrected chi connectivity index (χ0v) is 17.5. The fourth-order valence-electron chi connectivity index (χ4n) is 2.70. The third-order valence-corrected chi connectivity index (χ3v) is 4.00. The van der Waals surface area contributed by atoms with Gasteiger partial charge in [-0.25, -0.2) is 9.38 Å². The number of aliphatic imine (C=N–C) groups is 1. The summed E-state index contributed by atoms with van der Waals surface area (Å²) < 4.78 is 43.4. The third-order valence-electron chi connectivity index (χ3n) is 4.00. The Morgan fingerprint density at radius 1 is 1.44 bits per heavy atom. The molecule has 152 valence electrons. The highest BCUT2D eigenvalue weighted by atomic mass is 127. The smallest absolute Gasteiger partial charge is 0.387 e. The van der Waals surface area contributed by atoms with Gasteiger partial charge < -0.3 is 20.3 Å². The van der Waals surface area contributed by atoms with Gasteiger partial charge in [-0.15, -0.1) is 24.0 Å². The molecule has 0 radical (unpaired) electrons. The Morgan fingerprint density at radius 2 is 2.19 bits per heavy atom. The van der Waals surface area contributed by atoms with Gasteiger partial charge in [0.2, 0.25) is 5.91 Å². The molecule has 2 N–H and O–H groups in total. The zero-order valence-electron chi connectivity index (χ0n) is 15.2. The first-order chi connectivity index (χ1) is 12.4. The predicted octanol–water partition coefficient (Wildman–Crippen LogP) is 2.72. The number of carbonyl (C=O) groups is 1. The number of piperidine rings is 1. The number of benzene rings is 1. The third kappa shape index (κ3) is 7.07. The summed E-state index contributed by atoms with van der Waals surface area (Å²) in [6.07, 6.45) is 1.10. The molecule has 1 aliphatic heterocycles. The molecule has 1 fully saturated rings. The van der Waals surface area contributed by atoms with Crippen molar-refractivity contribution in [1.82, 2.24) is 15.5 Å². The molecular weight excluding hydrogens is 476 g/mol. The minimum Gasteiger partial charge on any atom is -0.434 e. The molecule has 0 spiro atoms. The number of guanidine groups is 1. The van der Waals surface area contributed by atoms with E-state index in [-0.39, 0.29) is 53.8 Å². The number of rotatable bonds is 6. The normalized spacial score (nSPS) is 17.6. The molecule has 1 amide bonds. The molecule has 6 nitrogen and oxygen atoms in total. The maximum atomic E-state index is 14.0. The zero-order chi connectivity index (χ0) is 19.1. The molecule has 0 bridgehead atoms. The average Bonchev–Trinajstić information content (AvgIpc) is 2.57. The van der Waals surface area contributed by atoms with Crippen molar-refractivity contribution < 1.29 is 22.7 Å². The van der Waals surface area contributed by atoms with Crippen molar-refractivity contribution in [2.75, 3.05) is 20.1 Å². The van der Waals surface area contributed by atoms with Crippen LogP contribution in [-0.4, -0.2) is 49.6 Å². The van der Waals surface area contributed by atoms with E-state index in [1.165, 1.54) is 18.2 Å². The van der Waals surface area contributed by atoms with Crippen LogP contribution in [0.15, 0.2) is 23.2 Å². The molecule has 2 rings (SSSR count). The number of amides is 1. The van der Waals surface area contributed by atoms with Crippen molar-refractivity contribution >= 4 is 35.8 Å². The maximum Gasteiger partial charge on any atom is 0.387 e. The Balaban J connectivity index is 0.00000364. The molecule has 0 saturated carbocycles. The van der Waals surface area contributed by atoms with Crippen LogP contribution >= 0.6 is 24.0 Å². The van der Waals surface area contributed by atoms with E-state index in [0.717, 1.165) is 0 Å². The quantitative estimate of drug-likeness (QED) is 0.359. The summed E-state index contributed by atoms with van der Waals surface area (Å²) in [7, 11) is 1.73. The van der Waals surface area contributed by atoms with Crippen LogP contribution < -0.4 is 15.4 Å². The minimum atomic E-state index is -3.04. The van der Waals surface area contributed by atoms with Crippen molar-refractivity contribution in [2.24, 2.45) is 4.99 Å². The van der Waals surface area contributed by atoms with Gasteiger partial charge in [-0.2, -0.15) is 8.78 Å². The predicted molar refractivity (Wildman–Crippen MR) is 107 cm³/mol. The Labute approximate surface area is 173 Å². The first-order valence-corrected chi connectivity index (χ1v) is 8.41. The fraction of sp³-hybridized carbons (Fsp3) is 0.529. The fourth-order valence-corrected chi connectivity index (χ4v) is 2.70. The van der Waals surface area contributed by atoms with Crippen LogP contribution in [0, 0.1) is 5.82 Å². The summed E-state index contributed by atoms with van der Waals surface area (Å²) in [5.74, 6) is -0.384. The number of halogens is 4. The van der Waals surface area contributed by atoms with E-state index in [9.17, 15) is 18.0 Å². The van der Waals surface area contributed by atoms with Crippen LogP contribution in [0.1, 0.15) is 25.3 Å². The Bertz CT molecular complexity index is 661. The van der Waals surface area contributed by atoms with Gasteiger partial charge in [0.1, 0.15) is 11.6 Å². The van der Waals surface area contributed by atoms with E-state index in [2.05, 4.69) is 20.4 Å². The Morgan fingerprint density at radius 3 is 2.81 bits per heavy atom. The first kappa shape index (κ1) is 23.3. The second-order valence-corrected chi connectivity index (χ2v) is 5.94. The molecule has 1 aromatic carbocycles. The minimum absolute atomic E-state index is 0. The monoisotopic (exact) mass is 500 g/mol. The molecule has 10 heteroatoms. The summed E-state index contributed by atoms with van der Waals surface area (Å²) in [5, 5.41) is 6.22. The summed E-state index contributed by atoms with van der Waals surface area (Å²) in [6.45, 7) is -0.220. The van der Waals surface area contributed by atoms with E-state index in [1.54, 1.807) is 11.9 Å². The lowest BCUT2D eigenvalue weighted by Gasteiger charge is -2.31. The van der Waals surface area contributed by atoms with Gasteiger partial charge in [-0.05, 0) is 25.5 Å². The molecule has 1 heterocycles. The van der Waals surface area contributed by atoms with Crippen LogP contribution in [0.5, 0.6) is 5.75 Å². The van der Waals surface area contributed by atoms with E-state index in [0.29, 0.717) is 31.9 Å². The van der Waals surface area contributed by atoms with Crippen molar-refractivity contribution in [3.05, 3.63) is 29.6 Å². The number of hydrogen-bond donors (Lipinski definition) is 2.